The number of halogens is 2. The van der Waals surface area contributed by atoms with Crippen LogP contribution in [0.15, 0.2) is 35.3 Å². The van der Waals surface area contributed by atoms with Crippen molar-refractivity contribution in [3.05, 3.63) is 50.9 Å². The Kier molecular flexibility index (Phi) is 5.43. The third-order valence-corrected chi connectivity index (χ3v) is 4.74. The lowest BCUT2D eigenvalue weighted by atomic mass is 10.1. The molecule has 0 saturated carbocycles. The van der Waals surface area contributed by atoms with Crippen LogP contribution in [0.1, 0.15) is 19.3 Å². The Hall–Kier alpha value is -1.56. The topological polar surface area (TPSA) is 47.4 Å². The molecule has 1 aliphatic heterocycles. The fourth-order valence-corrected chi connectivity index (χ4v) is 3.21. The SMILES string of the molecule is CN(CC1CCCCO1)c1cnn(-c2ccc(Cl)cc2)c(=O)c1Cl. The summed E-state index contributed by atoms with van der Waals surface area (Å²) in [6.45, 7) is 1.48. The Morgan fingerprint density at radius 3 is 2.71 bits per heavy atom. The molecule has 0 spiro atoms. The Balaban J connectivity index is 1.84. The third-order valence-electron chi connectivity index (χ3n) is 4.13. The van der Waals surface area contributed by atoms with E-state index in [0.717, 1.165) is 19.4 Å². The van der Waals surface area contributed by atoms with E-state index >= 15 is 0 Å². The first kappa shape index (κ1) is 17.3. The number of aromatic nitrogens is 2. The Labute approximate surface area is 150 Å². The van der Waals surface area contributed by atoms with Crippen molar-refractivity contribution in [1.82, 2.24) is 9.78 Å². The van der Waals surface area contributed by atoms with Crippen LogP contribution in [0.3, 0.4) is 0 Å². The number of benzene rings is 1. The van der Waals surface area contributed by atoms with Crippen LogP contribution in [0.4, 0.5) is 5.69 Å². The molecule has 1 aromatic carbocycles. The minimum atomic E-state index is -0.354. The molecule has 1 fully saturated rings. The smallest absolute Gasteiger partial charge is 0.292 e. The maximum absolute atomic E-state index is 12.5. The number of hydrogen-bond acceptors (Lipinski definition) is 4. The summed E-state index contributed by atoms with van der Waals surface area (Å²) < 4.78 is 7.01. The van der Waals surface area contributed by atoms with Gasteiger partial charge in [-0.05, 0) is 43.5 Å². The zero-order valence-electron chi connectivity index (χ0n) is 13.4. The molecule has 2 aromatic rings. The lowest BCUT2D eigenvalue weighted by Crippen LogP contribution is -2.35. The molecule has 5 nitrogen and oxygen atoms in total. The number of likely N-dealkylation sites (N-methyl/N-ethyl adjacent to an activating group) is 1. The molecule has 1 aromatic heterocycles. The molecular formula is C17H19Cl2N3O2. The minimum Gasteiger partial charge on any atom is -0.376 e. The molecule has 1 atom stereocenters. The van der Waals surface area contributed by atoms with E-state index < -0.39 is 0 Å². The second-order valence-corrected chi connectivity index (χ2v) is 6.72. The summed E-state index contributed by atoms with van der Waals surface area (Å²) in [6, 6.07) is 6.87. The van der Waals surface area contributed by atoms with Crippen molar-refractivity contribution in [2.45, 2.75) is 25.4 Å². The van der Waals surface area contributed by atoms with Crippen LogP contribution in [0.25, 0.3) is 5.69 Å². The van der Waals surface area contributed by atoms with Crippen LogP contribution < -0.4 is 10.5 Å². The van der Waals surface area contributed by atoms with Gasteiger partial charge in [0.15, 0.2) is 0 Å². The highest BCUT2D eigenvalue weighted by atomic mass is 35.5. The van der Waals surface area contributed by atoms with E-state index in [1.165, 1.54) is 11.1 Å². The zero-order valence-corrected chi connectivity index (χ0v) is 14.9. The summed E-state index contributed by atoms with van der Waals surface area (Å²) in [4.78, 5) is 14.5. The van der Waals surface area contributed by atoms with Gasteiger partial charge in [0.25, 0.3) is 5.56 Å². The molecule has 7 heteroatoms. The highest BCUT2D eigenvalue weighted by Gasteiger charge is 2.19. The molecule has 24 heavy (non-hydrogen) atoms. The maximum atomic E-state index is 12.5. The summed E-state index contributed by atoms with van der Waals surface area (Å²) in [6.07, 6.45) is 5.08. The number of anilines is 1. The summed E-state index contributed by atoms with van der Waals surface area (Å²) in [5.74, 6) is 0. The minimum absolute atomic E-state index is 0.151. The first-order valence-electron chi connectivity index (χ1n) is 7.93. The number of hydrogen-bond donors (Lipinski definition) is 0. The largest absolute Gasteiger partial charge is 0.376 e. The molecule has 1 aliphatic rings. The Bertz CT molecular complexity index is 755. The van der Waals surface area contributed by atoms with Crippen LogP contribution in [0.5, 0.6) is 0 Å². The summed E-state index contributed by atoms with van der Waals surface area (Å²) in [5, 5.41) is 5.00. The highest BCUT2D eigenvalue weighted by Crippen LogP contribution is 2.23. The van der Waals surface area contributed by atoms with Gasteiger partial charge in [0, 0.05) is 25.2 Å². The van der Waals surface area contributed by atoms with E-state index in [0.29, 0.717) is 22.9 Å². The average molecular weight is 368 g/mol. The first-order valence-corrected chi connectivity index (χ1v) is 8.68. The van der Waals surface area contributed by atoms with E-state index in [4.69, 9.17) is 27.9 Å². The van der Waals surface area contributed by atoms with Crippen LogP contribution >= 0.6 is 23.2 Å². The van der Waals surface area contributed by atoms with Crippen molar-refractivity contribution < 1.29 is 4.74 Å². The van der Waals surface area contributed by atoms with Crippen molar-refractivity contribution in [1.29, 1.82) is 0 Å². The van der Waals surface area contributed by atoms with E-state index in [2.05, 4.69) is 5.10 Å². The van der Waals surface area contributed by atoms with Crippen molar-refractivity contribution in [2.24, 2.45) is 0 Å². The normalized spacial score (nSPS) is 17.7. The molecule has 0 amide bonds. The highest BCUT2D eigenvalue weighted by molar-refractivity contribution is 6.33. The van der Waals surface area contributed by atoms with E-state index in [1.54, 1.807) is 30.5 Å². The molecule has 1 saturated heterocycles. The lowest BCUT2D eigenvalue weighted by Gasteiger charge is -2.28. The second kappa shape index (κ2) is 7.55. The lowest BCUT2D eigenvalue weighted by molar-refractivity contribution is 0.0216. The van der Waals surface area contributed by atoms with Crippen LogP contribution in [-0.2, 0) is 4.74 Å². The van der Waals surface area contributed by atoms with Gasteiger partial charge in [-0.1, -0.05) is 23.2 Å². The number of rotatable bonds is 4. The van der Waals surface area contributed by atoms with Gasteiger partial charge < -0.3 is 9.64 Å². The molecule has 0 bridgehead atoms. The molecule has 3 rings (SSSR count). The molecular weight excluding hydrogens is 349 g/mol. The molecule has 0 radical (unpaired) electrons. The number of nitrogens with zero attached hydrogens (tertiary/aromatic N) is 3. The van der Waals surface area contributed by atoms with Gasteiger partial charge in [-0.15, -0.1) is 0 Å². The monoisotopic (exact) mass is 367 g/mol. The van der Waals surface area contributed by atoms with Crippen LogP contribution in [-0.4, -0.2) is 36.1 Å². The molecule has 1 unspecified atom stereocenters. The van der Waals surface area contributed by atoms with E-state index in [1.807, 2.05) is 11.9 Å². The van der Waals surface area contributed by atoms with Gasteiger partial charge in [-0.25, -0.2) is 0 Å². The van der Waals surface area contributed by atoms with Gasteiger partial charge in [-0.2, -0.15) is 9.78 Å². The van der Waals surface area contributed by atoms with E-state index in [9.17, 15) is 4.79 Å². The van der Waals surface area contributed by atoms with Gasteiger partial charge in [0.05, 0.1) is 23.7 Å². The van der Waals surface area contributed by atoms with Gasteiger partial charge >= 0.3 is 0 Å². The Morgan fingerprint density at radius 2 is 2.04 bits per heavy atom. The zero-order chi connectivity index (χ0) is 17.1. The van der Waals surface area contributed by atoms with Gasteiger partial charge in [0.2, 0.25) is 0 Å². The fraction of sp³-hybridized carbons (Fsp3) is 0.412. The maximum Gasteiger partial charge on any atom is 0.292 e. The first-order chi connectivity index (χ1) is 11.6. The quantitative estimate of drug-likeness (QED) is 0.828. The predicted molar refractivity (Wildman–Crippen MR) is 96.7 cm³/mol. The molecule has 0 aliphatic carbocycles. The average Bonchev–Trinajstić information content (AvgIpc) is 2.59. The Morgan fingerprint density at radius 1 is 1.29 bits per heavy atom. The standard InChI is InChI=1S/C17H19Cl2N3O2/c1-21(11-14-4-2-3-9-24-14)15-10-20-22(17(23)16(15)19)13-7-5-12(18)6-8-13/h5-8,10,14H,2-4,9,11H2,1H3. The van der Waals surface area contributed by atoms with Crippen LogP contribution in [0.2, 0.25) is 10.0 Å². The summed E-state index contributed by atoms with van der Waals surface area (Å²) in [7, 11) is 1.90. The van der Waals surface area contributed by atoms with Crippen molar-refractivity contribution in [3.63, 3.8) is 0 Å². The van der Waals surface area contributed by atoms with Gasteiger partial charge in [-0.3, -0.25) is 4.79 Å². The van der Waals surface area contributed by atoms with Crippen LogP contribution in [0, 0.1) is 0 Å². The van der Waals surface area contributed by atoms with Crippen molar-refractivity contribution in [2.75, 3.05) is 25.1 Å². The van der Waals surface area contributed by atoms with Crippen molar-refractivity contribution in [3.8, 4) is 5.69 Å². The fourth-order valence-electron chi connectivity index (χ4n) is 2.81. The van der Waals surface area contributed by atoms with E-state index in [-0.39, 0.29) is 16.7 Å². The second-order valence-electron chi connectivity index (χ2n) is 5.91. The third kappa shape index (κ3) is 3.74. The molecule has 0 N–H and O–H groups in total. The van der Waals surface area contributed by atoms with Gasteiger partial charge in [0.1, 0.15) is 5.02 Å². The molecule has 128 valence electrons. The number of ether oxygens (including phenoxy) is 1. The van der Waals surface area contributed by atoms with Crippen molar-refractivity contribution >= 4 is 28.9 Å². The summed E-state index contributed by atoms with van der Waals surface area (Å²) >= 11 is 12.2. The molecule has 2 heterocycles. The summed E-state index contributed by atoms with van der Waals surface area (Å²) in [5.41, 5.74) is 0.880. The predicted octanol–water partition coefficient (Wildman–Crippen LogP) is 3.54.